The molecule has 0 bridgehead atoms. The Kier molecular flexibility index (Phi) is 4.48. The SMILES string of the molecule is C1=c2c(-c3ccc4c(c3)oc3ccccc34)c3ccccc3c(-c3cccc4oc5ccccc5c34)c2=CCC1. The maximum absolute atomic E-state index is 6.32. The van der Waals surface area contributed by atoms with Crippen LogP contribution in [0, 0.1) is 0 Å². The molecule has 8 aromatic rings. The van der Waals surface area contributed by atoms with Gasteiger partial charge in [0.25, 0.3) is 0 Å². The molecule has 2 nitrogen and oxygen atoms in total. The van der Waals surface area contributed by atoms with Crippen molar-refractivity contribution in [2.24, 2.45) is 0 Å². The summed E-state index contributed by atoms with van der Waals surface area (Å²) >= 11 is 0. The summed E-state index contributed by atoms with van der Waals surface area (Å²) in [4.78, 5) is 0. The van der Waals surface area contributed by atoms with Crippen molar-refractivity contribution in [2.75, 3.05) is 0 Å². The minimum Gasteiger partial charge on any atom is -0.456 e. The van der Waals surface area contributed by atoms with Crippen molar-refractivity contribution < 1.29 is 8.83 Å². The second-order valence-corrected chi connectivity index (χ2v) is 10.7. The predicted octanol–water partition coefficient (Wildman–Crippen LogP) is 9.33. The van der Waals surface area contributed by atoms with E-state index in [4.69, 9.17) is 8.83 Å². The lowest BCUT2D eigenvalue weighted by Gasteiger charge is -2.18. The molecule has 40 heavy (non-hydrogen) atoms. The third-order valence-electron chi connectivity index (χ3n) is 8.50. The van der Waals surface area contributed by atoms with Crippen molar-refractivity contribution in [3.8, 4) is 22.3 Å². The quantitative estimate of drug-likeness (QED) is 0.231. The standard InChI is InChI=1S/C38H24O2/c1-3-13-28-26(11-1)36(23-20-21-25-24-10-5-7-17-32(24)40-35(25)22-23)27-12-2-4-14-29(27)37(28)31-16-9-19-34-38(31)30-15-6-8-18-33(30)39-34/h1,3,5-22H,2,4H2. The van der Waals surface area contributed by atoms with Crippen LogP contribution in [0.3, 0.4) is 0 Å². The van der Waals surface area contributed by atoms with Gasteiger partial charge in [0.1, 0.15) is 22.3 Å². The second-order valence-electron chi connectivity index (χ2n) is 10.7. The number of hydrogen-bond donors (Lipinski definition) is 0. The van der Waals surface area contributed by atoms with Crippen molar-refractivity contribution in [2.45, 2.75) is 12.8 Å². The van der Waals surface area contributed by atoms with Crippen LogP contribution >= 0.6 is 0 Å². The Bertz CT molecular complexity index is 2430. The average Bonchev–Trinajstić information content (AvgIpc) is 3.58. The van der Waals surface area contributed by atoms with Gasteiger partial charge < -0.3 is 8.83 Å². The van der Waals surface area contributed by atoms with Gasteiger partial charge in [-0.25, -0.2) is 0 Å². The Morgan fingerprint density at radius 1 is 0.425 bits per heavy atom. The molecular weight excluding hydrogens is 488 g/mol. The zero-order chi connectivity index (χ0) is 26.2. The summed E-state index contributed by atoms with van der Waals surface area (Å²) in [6.45, 7) is 0. The third-order valence-corrected chi connectivity index (χ3v) is 8.50. The summed E-state index contributed by atoms with van der Waals surface area (Å²) in [6, 6.07) is 38.7. The third kappa shape index (κ3) is 2.99. The molecule has 0 N–H and O–H groups in total. The van der Waals surface area contributed by atoms with E-state index < -0.39 is 0 Å². The van der Waals surface area contributed by atoms with Crippen molar-refractivity contribution in [1.29, 1.82) is 0 Å². The zero-order valence-electron chi connectivity index (χ0n) is 21.8. The number of hydrogen-bond acceptors (Lipinski definition) is 2. The Labute approximate surface area is 230 Å². The van der Waals surface area contributed by atoms with Gasteiger partial charge in [0, 0.05) is 21.5 Å². The monoisotopic (exact) mass is 512 g/mol. The molecule has 0 unspecified atom stereocenters. The van der Waals surface area contributed by atoms with E-state index in [0.717, 1.165) is 51.3 Å². The summed E-state index contributed by atoms with van der Waals surface area (Å²) in [7, 11) is 0. The number of para-hydroxylation sites is 2. The largest absolute Gasteiger partial charge is 0.456 e. The molecule has 2 heterocycles. The smallest absolute Gasteiger partial charge is 0.136 e. The number of fused-ring (bicyclic) bond motifs is 8. The second kappa shape index (κ2) is 8.21. The summed E-state index contributed by atoms with van der Waals surface area (Å²) in [6.07, 6.45) is 6.92. The van der Waals surface area contributed by atoms with Crippen molar-refractivity contribution in [1.82, 2.24) is 0 Å². The highest BCUT2D eigenvalue weighted by Crippen LogP contribution is 2.40. The zero-order valence-corrected chi connectivity index (χ0v) is 21.8. The molecule has 2 heteroatoms. The van der Waals surface area contributed by atoms with Gasteiger partial charge in [-0.2, -0.15) is 0 Å². The molecule has 1 aliphatic carbocycles. The highest BCUT2D eigenvalue weighted by Gasteiger charge is 2.20. The Morgan fingerprint density at radius 3 is 1.80 bits per heavy atom. The summed E-state index contributed by atoms with van der Waals surface area (Å²) in [5, 5.41) is 9.77. The first kappa shape index (κ1) is 21.8. The molecule has 0 aliphatic heterocycles. The van der Waals surface area contributed by atoms with Gasteiger partial charge >= 0.3 is 0 Å². The van der Waals surface area contributed by atoms with Crippen molar-refractivity contribution >= 4 is 66.8 Å². The fourth-order valence-electron chi connectivity index (χ4n) is 6.82. The Morgan fingerprint density at radius 2 is 1.00 bits per heavy atom. The minimum absolute atomic E-state index is 0.925. The number of benzene rings is 6. The lowest BCUT2D eigenvalue weighted by Crippen LogP contribution is -2.31. The molecule has 9 rings (SSSR count). The van der Waals surface area contributed by atoms with E-state index in [-0.39, 0.29) is 0 Å². The molecule has 0 saturated heterocycles. The molecule has 6 aromatic carbocycles. The predicted molar refractivity (Wildman–Crippen MR) is 167 cm³/mol. The van der Waals surface area contributed by atoms with Crippen LogP contribution in [-0.2, 0) is 0 Å². The lowest BCUT2D eigenvalue weighted by atomic mass is 9.85. The maximum Gasteiger partial charge on any atom is 0.136 e. The van der Waals surface area contributed by atoms with Crippen LogP contribution in [0.5, 0.6) is 0 Å². The number of rotatable bonds is 2. The van der Waals surface area contributed by atoms with Crippen molar-refractivity contribution in [3.05, 3.63) is 120 Å². The molecule has 0 atom stereocenters. The Hall–Kier alpha value is -5.08. The van der Waals surface area contributed by atoms with Crippen LogP contribution in [0.1, 0.15) is 12.8 Å². The normalized spacial score (nSPS) is 13.2. The molecule has 0 saturated carbocycles. The van der Waals surface area contributed by atoms with E-state index >= 15 is 0 Å². The molecular formula is C38H24O2. The van der Waals surface area contributed by atoms with Gasteiger partial charge in [-0.15, -0.1) is 0 Å². The molecule has 2 aromatic heterocycles. The van der Waals surface area contributed by atoms with E-state index in [0.29, 0.717) is 0 Å². The molecule has 0 amide bonds. The van der Waals surface area contributed by atoms with Gasteiger partial charge in [0.05, 0.1) is 0 Å². The molecule has 0 radical (unpaired) electrons. The molecule has 0 fully saturated rings. The summed E-state index contributed by atoms with van der Waals surface area (Å²) < 4.78 is 12.6. The lowest BCUT2D eigenvalue weighted by molar-refractivity contribution is 0.668. The first-order valence-corrected chi connectivity index (χ1v) is 13.9. The van der Waals surface area contributed by atoms with Crippen LogP contribution in [-0.4, -0.2) is 0 Å². The first-order valence-electron chi connectivity index (χ1n) is 13.9. The number of furan rings is 2. The van der Waals surface area contributed by atoms with Gasteiger partial charge in [-0.3, -0.25) is 0 Å². The van der Waals surface area contributed by atoms with E-state index in [2.05, 4.69) is 103 Å². The van der Waals surface area contributed by atoms with Crippen LogP contribution in [0.2, 0.25) is 0 Å². The van der Waals surface area contributed by atoms with Crippen LogP contribution in [0.25, 0.3) is 89.1 Å². The summed E-state index contributed by atoms with van der Waals surface area (Å²) in [5.41, 5.74) is 8.67. The van der Waals surface area contributed by atoms with Gasteiger partial charge in [-0.05, 0) is 86.6 Å². The fraction of sp³-hybridized carbons (Fsp3) is 0.0526. The van der Waals surface area contributed by atoms with E-state index in [1.165, 1.54) is 48.8 Å². The fourth-order valence-corrected chi connectivity index (χ4v) is 6.82. The van der Waals surface area contributed by atoms with E-state index in [1.807, 2.05) is 18.2 Å². The summed E-state index contributed by atoms with van der Waals surface area (Å²) in [5.74, 6) is 0. The van der Waals surface area contributed by atoms with Gasteiger partial charge in [-0.1, -0.05) is 91.0 Å². The van der Waals surface area contributed by atoms with Crippen molar-refractivity contribution in [3.63, 3.8) is 0 Å². The van der Waals surface area contributed by atoms with E-state index in [1.54, 1.807) is 0 Å². The maximum atomic E-state index is 6.32. The molecule has 1 aliphatic rings. The van der Waals surface area contributed by atoms with E-state index in [9.17, 15) is 0 Å². The van der Waals surface area contributed by atoms with Crippen LogP contribution < -0.4 is 10.4 Å². The average molecular weight is 513 g/mol. The first-order chi connectivity index (χ1) is 19.8. The van der Waals surface area contributed by atoms with Gasteiger partial charge in [0.15, 0.2) is 0 Å². The van der Waals surface area contributed by atoms with Gasteiger partial charge in [0.2, 0.25) is 0 Å². The topological polar surface area (TPSA) is 26.3 Å². The van der Waals surface area contributed by atoms with Crippen LogP contribution in [0.4, 0.5) is 0 Å². The van der Waals surface area contributed by atoms with Crippen LogP contribution in [0.15, 0.2) is 118 Å². The highest BCUT2D eigenvalue weighted by molar-refractivity contribution is 6.17. The minimum atomic E-state index is 0.925. The molecule has 188 valence electrons. The molecule has 0 spiro atoms. The highest BCUT2D eigenvalue weighted by atomic mass is 16.3. The Balaban J connectivity index is 1.42.